The zero-order valence-electron chi connectivity index (χ0n) is 17.0. The van der Waals surface area contributed by atoms with Gasteiger partial charge in [-0.25, -0.2) is 4.79 Å². The maximum absolute atomic E-state index is 12.7. The van der Waals surface area contributed by atoms with Crippen LogP contribution in [0.1, 0.15) is 56.5 Å². The lowest BCUT2D eigenvalue weighted by Crippen LogP contribution is -2.52. The van der Waals surface area contributed by atoms with Crippen LogP contribution >= 0.6 is 0 Å². The summed E-state index contributed by atoms with van der Waals surface area (Å²) in [6.07, 6.45) is 0.0851. The van der Waals surface area contributed by atoms with E-state index in [-0.39, 0.29) is 23.1 Å². The average molecular weight is 392 g/mol. The van der Waals surface area contributed by atoms with Crippen molar-refractivity contribution in [1.29, 1.82) is 0 Å². The molecule has 0 fully saturated rings. The molecule has 7 nitrogen and oxygen atoms in total. The SMILES string of the molecule is CCC(N)C(O)C(C)C(=O)NC(CC(C)C)C1Cc2cccc(O)c2C(=O)O1. The van der Waals surface area contributed by atoms with Gasteiger partial charge in [0, 0.05) is 12.5 Å². The third-order valence-electron chi connectivity index (χ3n) is 5.35. The quantitative estimate of drug-likeness (QED) is 0.500. The van der Waals surface area contributed by atoms with Crippen LogP contribution in [0.3, 0.4) is 0 Å². The molecule has 1 aromatic carbocycles. The van der Waals surface area contributed by atoms with Crippen molar-refractivity contribution in [2.75, 3.05) is 0 Å². The third kappa shape index (κ3) is 5.02. The number of aliphatic hydroxyl groups is 1. The van der Waals surface area contributed by atoms with Gasteiger partial charge in [0.25, 0.3) is 0 Å². The summed E-state index contributed by atoms with van der Waals surface area (Å²) in [5.41, 5.74) is 6.76. The Labute approximate surface area is 166 Å². The monoisotopic (exact) mass is 392 g/mol. The fourth-order valence-electron chi connectivity index (χ4n) is 3.56. The molecule has 1 amide bonds. The molecular weight excluding hydrogens is 360 g/mol. The highest BCUT2D eigenvalue weighted by atomic mass is 16.5. The Balaban J connectivity index is 2.18. The molecule has 1 heterocycles. The molecule has 0 aliphatic carbocycles. The second kappa shape index (κ2) is 9.39. The smallest absolute Gasteiger partial charge is 0.342 e. The molecule has 0 radical (unpaired) electrons. The number of carbonyl (C=O) groups excluding carboxylic acids is 2. The Morgan fingerprint density at radius 2 is 2.04 bits per heavy atom. The van der Waals surface area contributed by atoms with Gasteiger partial charge in [0.2, 0.25) is 5.91 Å². The number of ether oxygens (including phenoxy) is 1. The first-order chi connectivity index (χ1) is 13.1. The fourth-order valence-corrected chi connectivity index (χ4v) is 3.56. The van der Waals surface area contributed by atoms with Crippen molar-refractivity contribution in [2.24, 2.45) is 17.6 Å². The molecule has 0 aromatic heterocycles. The van der Waals surface area contributed by atoms with E-state index in [2.05, 4.69) is 5.32 Å². The molecule has 0 saturated heterocycles. The summed E-state index contributed by atoms with van der Waals surface area (Å²) in [7, 11) is 0. The van der Waals surface area contributed by atoms with Crippen molar-refractivity contribution in [3.05, 3.63) is 29.3 Å². The zero-order valence-corrected chi connectivity index (χ0v) is 17.0. The van der Waals surface area contributed by atoms with E-state index in [4.69, 9.17) is 10.5 Å². The number of phenols is 1. The van der Waals surface area contributed by atoms with Gasteiger partial charge in [-0.05, 0) is 30.4 Å². The average Bonchev–Trinajstić information content (AvgIpc) is 2.64. The van der Waals surface area contributed by atoms with Gasteiger partial charge in [0.15, 0.2) is 0 Å². The predicted molar refractivity (Wildman–Crippen MR) is 106 cm³/mol. The number of hydrogen-bond acceptors (Lipinski definition) is 6. The fraction of sp³-hybridized carbons (Fsp3) is 0.619. The second-order valence-electron chi connectivity index (χ2n) is 8.06. The number of aliphatic hydroxyl groups excluding tert-OH is 1. The van der Waals surface area contributed by atoms with E-state index in [1.165, 1.54) is 6.07 Å². The summed E-state index contributed by atoms with van der Waals surface area (Å²) >= 11 is 0. The molecule has 28 heavy (non-hydrogen) atoms. The van der Waals surface area contributed by atoms with Gasteiger partial charge in [0.1, 0.15) is 17.4 Å². The standard InChI is InChI=1S/C21H32N2O5/c1-5-14(22)19(25)12(4)20(26)23-15(9-11(2)3)17-10-13-7-6-8-16(24)18(13)21(27)28-17/h6-8,11-12,14-15,17,19,24-25H,5,9-10,22H2,1-4H3,(H,23,26). The number of phenolic OH excluding ortho intramolecular Hbond substituents is 1. The molecule has 0 bridgehead atoms. The highest BCUT2D eigenvalue weighted by molar-refractivity contribution is 5.95. The third-order valence-corrected chi connectivity index (χ3v) is 5.35. The minimum Gasteiger partial charge on any atom is -0.507 e. The van der Waals surface area contributed by atoms with E-state index >= 15 is 0 Å². The Bertz CT molecular complexity index is 706. The van der Waals surface area contributed by atoms with Gasteiger partial charge in [-0.3, -0.25) is 4.79 Å². The van der Waals surface area contributed by atoms with E-state index in [1.807, 2.05) is 20.8 Å². The van der Waals surface area contributed by atoms with Crippen molar-refractivity contribution < 1.29 is 24.5 Å². The molecule has 7 heteroatoms. The Kier molecular flexibility index (Phi) is 7.43. The van der Waals surface area contributed by atoms with Crippen molar-refractivity contribution in [2.45, 2.75) is 71.2 Å². The summed E-state index contributed by atoms with van der Waals surface area (Å²) in [4.78, 5) is 25.1. The number of nitrogens with one attached hydrogen (secondary N) is 1. The van der Waals surface area contributed by atoms with Gasteiger partial charge >= 0.3 is 5.97 Å². The number of fused-ring (bicyclic) bond motifs is 1. The molecule has 5 atom stereocenters. The van der Waals surface area contributed by atoms with Crippen LogP contribution < -0.4 is 11.1 Å². The molecule has 5 N–H and O–H groups in total. The number of cyclic esters (lactones) is 1. The summed E-state index contributed by atoms with van der Waals surface area (Å²) in [5.74, 6) is -1.43. The lowest BCUT2D eigenvalue weighted by atomic mass is 9.89. The zero-order chi connectivity index (χ0) is 21.0. The molecule has 1 aliphatic heterocycles. The van der Waals surface area contributed by atoms with Crippen LogP contribution in [-0.2, 0) is 16.0 Å². The summed E-state index contributed by atoms with van der Waals surface area (Å²) in [6.45, 7) is 7.54. The van der Waals surface area contributed by atoms with Crippen molar-refractivity contribution in [3.63, 3.8) is 0 Å². The van der Waals surface area contributed by atoms with E-state index < -0.39 is 36.2 Å². The second-order valence-corrected chi connectivity index (χ2v) is 8.06. The van der Waals surface area contributed by atoms with Crippen molar-refractivity contribution >= 4 is 11.9 Å². The normalized spacial score (nSPS) is 20.7. The molecule has 2 rings (SSSR count). The maximum Gasteiger partial charge on any atom is 0.342 e. The molecule has 0 spiro atoms. The number of rotatable bonds is 8. The Morgan fingerprint density at radius 1 is 1.36 bits per heavy atom. The largest absolute Gasteiger partial charge is 0.507 e. The minimum absolute atomic E-state index is 0.101. The van der Waals surface area contributed by atoms with E-state index in [9.17, 15) is 19.8 Å². The highest BCUT2D eigenvalue weighted by Crippen LogP contribution is 2.30. The van der Waals surface area contributed by atoms with Crippen LogP contribution in [-0.4, -0.2) is 46.4 Å². The van der Waals surface area contributed by atoms with E-state index in [0.29, 0.717) is 24.8 Å². The summed E-state index contributed by atoms with van der Waals surface area (Å²) < 4.78 is 5.57. The number of hydrogen-bond donors (Lipinski definition) is 4. The lowest BCUT2D eigenvalue weighted by molar-refractivity contribution is -0.130. The Morgan fingerprint density at radius 3 is 2.64 bits per heavy atom. The van der Waals surface area contributed by atoms with Gasteiger partial charge in [-0.2, -0.15) is 0 Å². The van der Waals surface area contributed by atoms with Gasteiger partial charge in [-0.1, -0.05) is 39.8 Å². The molecule has 5 unspecified atom stereocenters. The molecular formula is C21H32N2O5. The minimum atomic E-state index is -0.948. The number of aromatic hydroxyl groups is 1. The van der Waals surface area contributed by atoms with Gasteiger partial charge in [0.05, 0.1) is 18.1 Å². The van der Waals surface area contributed by atoms with Crippen LogP contribution in [0.25, 0.3) is 0 Å². The van der Waals surface area contributed by atoms with Crippen LogP contribution in [0.2, 0.25) is 0 Å². The van der Waals surface area contributed by atoms with Crippen LogP contribution in [0.5, 0.6) is 5.75 Å². The van der Waals surface area contributed by atoms with Gasteiger partial charge in [-0.15, -0.1) is 0 Å². The number of esters is 1. The summed E-state index contributed by atoms with van der Waals surface area (Å²) in [5, 5.41) is 23.2. The maximum atomic E-state index is 12.7. The predicted octanol–water partition coefficient (Wildman–Crippen LogP) is 1.74. The van der Waals surface area contributed by atoms with Crippen molar-refractivity contribution in [3.8, 4) is 5.75 Å². The lowest BCUT2D eigenvalue weighted by Gasteiger charge is -2.34. The number of carbonyl (C=O) groups is 2. The first-order valence-electron chi connectivity index (χ1n) is 9.91. The van der Waals surface area contributed by atoms with E-state index in [1.54, 1.807) is 19.1 Å². The number of amides is 1. The van der Waals surface area contributed by atoms with E-state index in [0.717, 1.165) is 0 Å². The number of benzene rings is 1. The summed E-state index contributed by atoms with van der Waals surface area (Å²) in [6, 6.07) is 4.04. The topological polar surface area (TPSA) is 122 Å². The molecule has 1 aromatic rings. The van der Waals surface area contributed by atoms with Gasteiger partial charge < -0.3 is 26.0 Å². The van der Waals surface area contributed by atoms with Crippen molar-refractivity contribution in [1.82, 2.24) is 5.32 Å². The van der Waals surface area contributed by atoms with Crippen LogP contribution in [0.15, 0.2) is 18.2 Å². The highest BCUT2D eigenvalue weighted by Gasteiger charge is 2.36. The first-order valence-corrected chi connectivity index (χ1v) is 9.91. The van der Waals surface area contributed by atoms with Crippen LogP contribution in [0, 0.1) is 11.8 Å². The molecule has 156 valence electrons. The molecule has 0 saturated carbocycles. The van der Waals surface area contributed by atoms with Crippen LogP contribution in [0.4, 0.5) is 0 Å². The number of nitrogens with two attached hydrogens (primary N) is 1. The Hall–Kier alpha value is -2.12. The first kappa shape index (κ1) is 22.2. The molecule has 1 aliphatic rings.